The quantitative estimate of drug-likeness (QED) is 0.416. The minimum Gasteiger partial charge on any atom is -0.494 e. The SMILES string of the molecule is CCCOc1ccc(C2c3c(oc4ccc(C)cc4c3=O)C(=O)N2CCCN(CC)CC)cc1. The van der Waals surface area contributed by atoms with Gasteiger partial charge in [-0.1, -0.05) is 44.5 Å². The maximum Gasteiger partial charge on any atom is 0.290 e. The van der Waals surface area contributed by atoms with Crippen LogP contribution in [0.25, 0.3) is 11.0 Å². The zero-order valence-electron chi connectivity index (χ0n) is 20.6. The summed E-state index contributed by atoms with van der Waals surface area (Å²) in [6.45, 7) is 12.3. The molecule has 1 amide bonds. The zero-order chi connectivity index (χ0) is 24.2. The van der Waals surface area contributed by atoms with Crippen LogP contribution in [0.3, 0.4) is 0 Å². The van der Waals surface area contributed by atoms with E-state index in [0.29, 0.717) is 29.7 Å². The predicted molar refractivity (Wildman–Crippen MR) is 135 cm³/mol. The molecule has 0 aliphatic carbocycles. The predicted octanol–water partition coefficient (Wildman–Crippen LogP) is 5.17. The number of ether oxygens (including phenoxy) is 1. The van der Waals surface area contributed by atoms with Crippen molar-refractivity contribution in [2.24, 2.45) is 0 Å². The van der Waals surface area contributed by atoms with Crippen LogP contribution in [0, 0.1) is 6.92 Å². The molecule has 0 fully saturated rings. The van der Waals surface area contributed by atoms with Gasteiger partial charge in [0, 0.05) is 6.54 Å². The fourth-order valence-corrected chi connectivity index (χ4v) is 4.68. The van der Waals surface area contributed by atoms with E-state index >= 15 is 0 Å². The number of amides is 1. The molecule has 1 aliphatic rings. The Morgan fingerprint density at radius 1 is 1.03 bits per heavy atom. The number of carbonyl (C=O) groups is 1. The van der Waals surface area contributed by atoms with E-state index in [1.807, 2.05) is 43.3 Å². The molecule has 1 aliphatic heterocycles. The van der Waals surface area contributed by atoms with Crippen molar-refractivity contribution in [3.63, 3.8) is 0 Å². The van der Waals surface area contributed by atoms with Gasteiger partial charge < -0.3 is 19.0 Å². The van der Waals surface area contributed by atoms with Crippen LogP contribution in [-0.2, 0) is 0 Å². The Morgan fingerprint density at radius 2 is 1.76 bits per heavy atom. The van der Waals surface area contributed by atoms with Crippen LogP contribution in [0.1, 0.15) is 66.9 Å². The van der Waals surface area contributed by atoms with Gasteiger partial charge in [-0.25, -0.2) is 0 Å². The lowest BCUT2D eigenvalue weighted by molar-refractivity contribution is 0.0720. The average molecular weight is 463 g/mol. The molecule has 180 valence electrons. The van der Waals surface area contributed by atoms with Crippen molar-refractivity contribution in [3.05, 3.63) is 75.1 Å². The van der Waals surface area contributed by atoms with Crippen molar-refractivity contribution in [2.75, 3.05) is 32.8 Å². The first-order chi connectivity index (χ1) is 16.5. The molecule has 0 radical (unpaired) electrons. The first-order valence-corrected chi connectivity index (χ1v) is 12.3. The van der Waals surface area contributed by atoms with Gasteiger partial charge in [-0.2, -0.15) is 0 Å². The summed E-state index contributed by atoms with van der Waals surface area (Å²) in [6.07, 6.45) is 1.75. The summed E-state index contributed by atoms with van der Waals surface area (Å²) in [6, 6.07) is 12.8. The third kappa shape index (κ3) is 4.60. The maximum atomic E-state index is 13.7. The Kier molecular flexibility index (Phi) is 7.37. The van der Waals surface area contributed by atoms with Crippen LogP contribution >= 0.6 is 0 Å². The van der Waals surface area contributed by atoms with E-state index in [4.69, 9.17) is 9.15 Å². The Hall–Kier alpha value is -3.12. The van der Waals surface area contributed by atoms with Crippen molar-refractivity contribution in [1.82, 2.24) is 9.80 Å². The largest absolute Gasteiger partial charge is 0.494 e. The first kappa shape index (κ1) is 24.0. The summed E-state index contributed by atoms with van der Waals surface area (Å²) in [5, 5.41) is 0.518. The molecule has 2 heterocycles. The molecule has 1 unspecified atom stereocenters. The van der Waals surface area contributed by atoms with Gasteiger partial charge in [-0.05, 0) is 69.2 Å². The average Bonchev–Trinajstić information content (AvgIpc) is 3.13. The van der Waals surface area contributed by atoms with Crippen LogP contribution in [0.4, 0.5) is 0 Å². The lowest BCUT2D eigenvalue weighted by Gasteiger charge is -2.26. The molecular weight excluding hydrogens is 428 g/mol. The molecule has 0 saturated heterocycles. The van der Waals surface area contributed by atoms with Gasteiger partial charge in [0.15, 0.2) is 5.43 Å². The van der Waals surface area contributed by atoms with Crippen LogP contribution in [0.5, 0.6) is 5.75 Å². The van der Waals surface area contributed by atoms with E-state index in [2.05, 4.69) is 25.7 Å². The standard InChI is InChI=1S/C28H34N2O4/c1-5-17-33-21-12-10-20(11-13-21)25-24-26(31)22-18-19(4)9-14-23(22)34-27(24)28(32)30(25)16-8-15-29(6-2)7-3/h9-14,18,25H,5-8,15-17H2,1-4H3. The highest BCUT2D eigenvalue weighted by molar-refractivity contribution is 5.99. The van der Waals surface area contributed by atoms with Crippen LogP contribution in [-0.4, -0.2) is 48.5 Å². The second kappa shape index (κ2) is 10.4. The Labute approximate surface area is 201 Å². The van der Waals surface area contributed by atoms with E-state index in [-0.39, 0.29) is 17.1 Å². The second-order valence-electron chi connectivity index (χ2n) is 8.87. The highest BCUT2D eigenvalue weighted by Crippen LogP contribution is 2.38. The molecule has 6 nitrogen and oxygen atoms in total. The van der Waals surface area contributed by atoms with Crippen molar-refractivity contribution >= 4 is 16.9 Å². The molecule has 0 saturated carbocycles. The highest BCUT2D eigenvalue weighted by atomic mass is 16.5. The molecule has 0 spiro atoms. The molecule has 0 N–H and O–H groups in total. The van der Waals surface area contributed by atoms with Gasteiger partial charge in [-0.15, -0.1) is 0 Å². The molecule has 34 heavy (non-hydrogen) atoms. The van der Waals surface area contributed by atoms with E-state index in [9.17, 15) is 9.59 Å². The van der Waals surface area contributed by atoms with E-state index < -0.39 is 6.04 Å². The van der Waals surface area contributed by atoms with E-state index in [1.54, 1.807) is 11.0 Å². The van der Waals surface area contributed by atoms with Crippen LogP contribution < -0.4 is 10.2 Å². The summed E-state index contributed by atoms with van der Waals surface area (Å²) in [5.74, 6) is 0.732. The summed E-state index contributed by atoms with van der Waals surface area (Å²) in [4.78, 5) is 31.3. The molecule has 2 aromatic carbocycles. The molecule has 1 aromatic heterocycles. The topological polar surface area (TPSA) is 63.0 Å². The summed E-state index contributed by atoms with van der Waals surface area (Å²) >= 11 is 0. The lowest BCUT2D eigenvalue weighted by Crippen LogP contribution is -2.33. The van der Waals surface area contributed by atoms with Gasteiger partial charge in [0.1, 0.15) is 11.3 Å². The molecule has 0 bridgehead atoms. The van der Waals surface area contributed by atoms with E-state index in [0.717, 1.165) is 49.4 Å². The third-order valence-electron chi connectivity index (χ3n) is 6.56. The smallest absolute Gasteiger partial charge is 0.290 e. The normalized spacial score (nSPS) is 15.4. The fourth-order valence-electron chi connectivity index (χ4n) is 4.68. The number of hydrogen-bond donors (Lipinski definition) is 0. The fraction of sp³-hybridized carbons (Fsp3) is 0.429. The zero-order valence-corrected chi connectivity index (χ0v) is 20.6. The highest BCUT2D eigenvalue weighted by Gasteiger charge is 2.42. The second-order valence-corrected chi connectivity index (χ2v) is 8.87. The van der Waals surface area contributed by atoms with Crippen LogP contribution in [0.15, 0.2) is 51.7 Å². The van der Waals surface area contributed by atoms with Gasteiger partial charge in [0.25, 0.3) is 5.91 Å². The van der Waals surface area contributed by atoms with Gasteiger partial charge >= 0.3 is 0 Å². The van der Waals surface area contributed by atoms with Crippen molar-refractivity contribution in [1.29, 1.82) is 0 Å². The van der Waals surface area contributed by atoms with Gasteiger partial charge in [-0.3, -0.25) is 9.59 Å². The number of rotatable bonds is 10. The minimum atomic E-state index is -0.472. The number of fused-ring (bicyclic) bond motifs is 2. The summed E-state index contributed by atoms with van der Waals surface area (Å²) in [5.41, 5.74) is 2.63. The minimum absolute atomic E-state index is 0.129. The summed E-state index contributed by atoms with van der Waals surface area (Å²) in [7, 11) is 0. The number of benzene rings is 2. The number of carbonyl (C=O) groups excluding carboxylic acids is 1. The molecule has 1 atom stereocenters. The monoisotopic (exact) mass is 462 g/mol. The van der Waals surface area contributed by atoms with Crippen molar-refractivity contribution in [3.8, 4) is 5.75 Å². The Balaban J connectivity index is 1.75. The Morgan fingerprint density at radius 3 is 2.44 bits per heavy atom. The molecule has 4 rings (SSSR count). The van der Waals surface area contributed by atoms with E-state index in [1.165, 1.54) is 0 Å². The molecule has 3 aromatic rings. The Bertz CT molecular complexity index is 1210. The van der Waals surface area contributed by atoms with Gasteiger partial charge in [0.05, 0.1) is 23.6 Å². The van der Waals surface area contributed by atoms with Crippen molar-refractivity contribution < 1.29 is 13.9 Å². The lowest BCUT2D eigenvalue weighted by atomic mass is 9.98. The number of nitrogens with zero attached hydrogens (tertiary/aromatic N) is 2. The number of aryl methyl sites for hydroxylation is 1. The van der Waals surface area contributed by atoms with Crippen LogP contribution in [0.2, 0.25) is 0 Å². The third-order valence-corrected chi connectivity index (χ3v) is 6.56. The molecule has 6 heteroatoms. The van der Waals surface area contributed by atoms with Crippen molar-refractivity contribution in [2.45, 2.75) is 46.6 Å². The van der Waals surface area contributed by atoms with Gasteiger partial charge in [0.2, 0.25) is 5.76 Å². The molecular formula is C28H34N2O4. The first-order valence-electron chi connectivity index (χ1n) is 12.3. The maximum absolute atomic E-state index is 13.7. The summed E-state index contributed by atoms with van der Waals surface area (Å²) < 4.78 is 11.8. The number of hydrogen-bond acceptors (Lipinski definition) is 5.